The molecular weight excluding hydrogens is 261 g/mol. The number of ether oxygens (including phenoxy) is 1. The Kier molecular flexibility index (Phi) is 3.28. The fourth-order valence-corrected chi connectivity index (χ4v) is 1.67. The summed E-state index contributed by atoms with van der Waals surface area (Å²) in [5, 5.41) is 3.62. The van der Waals surface area contributed by atoms with Gasteiger partial charge in [-0.3, -0.25) is 4.79 Å². The SMILES string of the molecule is COc1ccc(-n2nccc2C(F)(F)F)cc1C=O. The van der Waals surface area contributed by atoms with Gasteiger partial charge in [0.05, 0.1) is 24.6 Å². The second kappa shape index (κ2) is 4.75. The van der Waals surface area contributed by atoms with E-state index in [0.29, 0.717) is 12.0 Å². The molecule has 0 amide bonds. The van der Waals surface area contributed by atoms with Gasteiger partial charge in [0, 0.05) is 0 Å². The molecule has 19 heavy (non-hydrogen) atoms. The molecule has 7 heteroatoms. The smallest absolute Gasteiger partial charge is 0.433 e. The lowest BCUT2D eigenvalue weighted by molar-refractivity contribution is -0.142. The third kappa shape index (κ3) is 2.44. The first-order valence-electron chi connectivity index (χ1n) is 5.22. The highest BCUT2D eigenvalue weighted by Gasteiger charge is 2.35. The van der Waals surface area contributed by atoms with E-state index in [0.717, 1.165) is 16.9 Å². The van der Waals surface area contributed by atoms with E-state index in [1.54, 1.807) is 0 Å². The van der Waals surface area contributed by atoms with Gasteiger partial charge in [-0.1, -0.05) is 0 Å². The number of nitrogens with zero attached hydrogens (tertiary/aromatic N) is 2. The van der Waals surface area contributed by atoms with Crippen molar-refractivity contribution in [1.29, 1.82) is 0 Å². The average molecular weight is 270 g/mol. The summed E-state index contributed by atoms with van der Waals surface area (Å²) in [6.45, 7) is 0. The minimum absolute atomic E-state index is 0.139. The largest absolute Gasteiger partial charge is 0.496 e. The van der Waals surface area contributed by atoms with Gasteiger partial charge in [0.2, 0.25) is 0 Å². The van der Waals surface area contributed by atoms with Crippen LogP contribution in [0.2, 0.25) is 0 Å². The zero-order valence-corrected chi connectivity index (χ0v) is 9.81. The summed E-state index contributed by atoms with van der Waals surface area (Å²) in [6.07, 6.45) is -2.95. The first-order valence-corrected chi connectivity index (χ1v) is 5.22. The molecule has 100 valence electrons. The van der Waals surface area contributed by atoms with Gasteiger partial charge in [-0.25, -0.2) is 4.68 Å². The summed E-state index contributed by atoms with van der Waals surface area (Å²) in [5.74, 6) is 0.291. The second-order valence-corrected chi connectivity index (χ2v) is 3.67. The van der Waals surface area contributed by atoms with Crippen molar-refractivity contribution >= 4 is 6.29 Å². The predicted octanol–water partition coefficient (Wildman–Crippen LogP) is 2.71. The molecule has 0 radical (unpaired) electrons. The van der Waals surface area contributed by atoms with Crippen molar-refractivity contribution in [3.05, 3.63) is 41.7 Å². The van der Waals surface area contributed by atoms with Gasteiger partial charge >= 0.3 is 6.18 Å². The molecular formula is C12H9F3N2O2. The maximum Gasteiger partial charge on any atom is 0.433 e. The lowest BCUT2D eigenvalue weighted by Crippen LogP contribution is -2.13. The van der Waals surface area contributed by atoms with Crippen LogP contribution in [-0.2, 0) is 6.18 Å². The summed E-state index contributed by atoms with van der Waals surface area (Å²) in [6, 6.07) is 4.97. The Morgan fingerprint density at radius 3 is 2.63 bits per heavy atom. The van der Waals surface area contributed by atoms with Crippen molar-refractivity contribution < 1.29 is 22.7 Å². The number of aromatic nitrogens is 2. The zero-order chi connectivity index (χ0) is 14.0. The number of benzene rings is 1. The van der Waals surface area contributed by atoms with Crippen molar-refractivity contribution in [2.75, 3.05) is 7.11 Å². The van der Waals surface area contributed by atoms with Gasteiger partial charge in [-0.15, -0.1) is 0 Å². The number of alkyl halides is 3. The highest BCUT2D eigenvalue weighted by Crippen LogP contribution is 2.31. The topological polar surface area (TPSA) is 44.1 Å². The Hall–Kier alpha value is -2.31. The van der Waals surface area contributed by atoms with Crippen LogP contribution in [0.15, 0.2) is 30.5 Å². The van der Waals surface area contributed by atoms with Gasteiger partial charge in [0.25, 0.3) is 0 Å². The van der Waals surface area contributed by atoms with Crippen LogP contribution in [0.5, 0.6) is 5.75 Å². The molecule has 0 spiro atoms. The highest BCUT2D eigenvalue weighted by molar-refractivity contribution is 5.80. The maximum absolute atomic E-state index is 12.7. The van der Waals surface area contributed by atoms with E-state index in [2.05, 4.69) is 5.10 Å². The van der Waals surface area contributed by atoms with Crippen LogP contribution in [0.4, 0.5) is 13.2 Å². The van der Waals surface area contributed by atoms with Crippen molar-refractivity contribution in [1.82, 2.24) is 9.78 Å². The van der Waals surface area contributed by atoms with Crippen LogP contribution < -0.4 is 4.74 Å². The van der Waals surface area contributed by atoms with Crippen LogP contribution >= 0.6 is 0 Å². The van der Waals surface area contributed by atoms with Crippen LogP contribution in [0.25, 0.3) is 5.69 Å². The van der Waals surface area contributed by atoms with E-state index < -0.39 is 11.9 Å². The molecule has 1 aromatic carbocycles. The molecule has 0 atom stereocenters. The van der Waals surface area contributed by atoms with Gasteiger partial charge in [-0.2, -0.15) is 18.3 Å². The quantitative estimate of drug-likeness (QED) is 0.805. The van der Waals surface area contributed by atoms with E-state index in [1.807, 2.05) is 0 Å². The van der Waals surface area contributed by atoms with Gasteiger partial charge in [0.1, 0.15) is 11.4 Å². The van der Waals surface area contributed by atoms with Crippen molar-refractivity contribution in [3.63, 3.8) is 0 Å². The second-order valence-electron chi connectivity index (χ2n) is 3.67. The van der Waals surface area contributed by atoms with Crippen molar-refractivity contribution in [2.24, 2.45) is 0 Å². The van der Waals surface area contributed by atoms with Gasteiger partial charge < -0.3 is 4.74 Å². The molecule has 0 aliphatic carbocycles. The fraction of sp³-hybridized carbons (Fsp3) is 0.167. The number of methoxy groups -OCH3 is 1. The molecule has 0 bridgehead atoms. The Labute approximate surface area is 106 Å². The number of rotatable bonds is 3. The van der Waals surface area contributed by atoms with Crippen LogP contribution in [-0.4, -0.2) is 23.2 Å². The Bertz CT molecular complexity index is 605. The Morgan fingerprint density at radius 2 is 2.05 bits per heavy atom. The molecule has 0 saturated heterocycles. The van der Waals surface area contributed by atoms with Crippen LogP contribution in [0.1, 0.15) is 16.1 Å². The molecule has 0 saturated carbocycles. The summed E-state index contributed by atoms with van der Waals surface area (Å²) in [4.78, 5) is 10.9. The van der Waals surface area contributed by atoms with Crippen LogP contribution in [0, 0.1) is 0 Å². The molecule has 2 aromatic rings. The van der Waals surface area contributed by atoms with Crippen molar-refractivity contribution in [2.45, 2.75) is 6.18 Å². The van der Waals surface area contributed by atoms with E-state index >= 15 is 0 Å². The molecule has 4 nitrogen and oxygen atoms in total. The summed E-state index contributed by atoms with van der Waals surface area (Å²) in [5.41, 5.74) is -0.613. The molecule has 1 heterocycles. The predicted molar refractivity (Wildman–Crippen MR) is 60.5 cm³/mol. The normalized spacial score (nSPS) is 11.4. The molecule has 0 fully saturated rings. The molecule has 1 aromatic heterocycles. The summed E-state index contributed by atoms with van der Waals surface area (Å²) >= 11 is 0. The number of carbonyl (C=O) groups is 1. The Balaban J connectivity index is 2.54. The highest BCUT2D eigenvalue weighted by atomic mass is 19.4. The molecule has 0 N–H and O–H groups in total. The lowest BCUT2D eigenvalue weighted by atomic mass is 10.2. The third-order valence-corrected chi connectivity index (χ3v) is 2.52. The lowest BCUT2D eigenvalue weighted by Gasteiger charge is -2.11. The zero-order valence-electron chi connectivity index (χ0n) is 9.81. The average Bonchev–Trinajstić information content (AvgIpc) is 2.87. The number of aldehydes is 1. The molecule has 0 aliphatic rings. The standard InChI is InChI=1S/C12H9F3N2O2/c1-19-10-3-2-9(6-8(10)7-18)17-11(4-5-16-17)12(13,14)15/h2-7H,1H3. The summed E-state index contributed by atoms with van der Waals surface area (Å²) < 4.78 is 43.9. The van der Waals surface area contributed by atoms with E-state index in [9.17, 15) is 18.0 Å². The van der Waals surface area contributed by atoms with E-state index in [-0.39, 0.29) is 11.3 Å². The first kappa shape index (κ1) is 13.1. The third-order valence-electron chi connectivity index (χ3n) is 2.52. The monoisotopic (exact) mass is 270 g/mol. The number of hydrogen-bond donors (Lipinski definition) is 0. The number of carbonyl (C=O) groups excluding carboxylic acids is 1. The maximum atomic E-state index is 12.7. The minimum Gasteiger partial charge on any atom is -0.496 e. The van der Waals surface area contributed by atoms with Crippen molar-refractivity contribution in [3.8, 4) is 11.4 Å². The molecule has 0 unspecified atom stereocenters. The first-order chi connectivity index (χ1) is 8.97. The number of halogens is 3. The van der Waals surface area contributed by atoms with E-state index in [4.69, 9.17) is 4.74 Å². The van der Waals surface area contributed by atoms with E-state index in [1.165, 1.54) is 25.3 Å². The van der Waals surface area contributed by atoms with Gasteiger partial charge in [-0.05, 0) is 24.3 Å². The summed E-state index contributed by atoms with van der Waals surface area (Å²) in [7, 11) is 1.37. The Morgan fingerprint density at radius 1 is 1.32 bits per heavy atom. The molecule has 0 aliphatic heterocycles. The number of hydrogen-bond acceptors (Lipinski definition) is 3. The minimum atomic E-state index is -4.52. The van der Waals surface area contributed by atoms with Crippen LogP contribution in [0.3, 0.4) is 0 Å². The van der Waals surface area contributed by atoms with Gasteiger partial charge in [0.15, 0.2) is 6.29 Å². The fourth-order valence-electron chi connectivity index (χ4n) is 1.67. The molecule has 2 rings (SSSR count).